The van der Waals surface area contributed by atoms with Gasteiger partial charge in [0, 0.05) is 5.39 Å². The zero-order valence-corrected chi connectivity index (χ0v) is 15.1. The van der Waals surface area contributed by atoms with Crippen molar-refractivity contribution >= 4 is 28.5 Å². The molecule has 0 aliphatic carbocycles. The molecule has 0 N–H and O–H groups in total. The van der Waals surface area contributed by atoms with E-state index in [0.717, 1.165) is 11.3 Å². The van der Waals surface area contributed by atoms with Crippen LogP contribution in [0.25, 0.3) is 16.7 Å². The minimum absolute atomic E-state index is 0.0232. The van der Waals surface area contributed by atoms with Gasteiger partial charge < -0.3 is 4.42 Å². The Morgan fingerprint density at radius 2 is 1.93 bits per heavy atom. The first kappa shape index (κ1) is 17.2. The molecular formula is C19H14N4O3S. The number of para-hydroxylation sites is 2. The van der Waals surface area contributed by atoms with Gasteiger partial charge in [-0.3, -0.25) is 4.79 Å². The van der Waals surface area contributed by atoms with Gasteiger partial charge in [0.1, 0.15) is 11.1 Å². The topological polar surface area (TPSA) is 90.9 Å². The van der Waals surface area contributed by atoms with E-state index in [1.54, 1.807) is 28.9 Å². The number of carbonyl (C=O) groups excluding carboxylic acids is 1. The van der Waals surface area contributed by atoms with E-state index in [0.29, 0.717) is 16.1 Å². The van der Waals surface area contributed by atoms with Crippen LogP contribution in [0.15, 0.2) is 69.0 Å². The van der Waals surface area contributed by atoms with Crippen LogP contribution in [0.3, 0.4) is 0 Å². The van der Waals surface area contributed by atoms with Crippen molar-refractivity contribution in [1.82, 2.24) is 20.2 Å². The molecule has 0 atom stereocenters. The molecule has 0 aliphatic heterocycles. The average Bonchev–Trinajstić information content (AvgIpc) is 3.14. The van der Waals surface area contributed by atoms with Crippen molar-refractivity contribution in [2.45, 2.75) is 12.1 Å². The maximum absolute atomic E-state index is 12.6. The molecule has 7 nitrogen and oxygen atoms in total. The maximum atomic E-state index is 12.6. The molecule has 27 heavy (non-hydrogen) atoms. The summed E-state index contributed by atoms with van der Waals surface area (Å²) >= 11 is 1.17. The smallest absolute Gasteiger partial charge is 0.347 e. The number of aryl methyl sites for hydroxylation is 1. The van der Waals surface area contributed by atoms with E-state index in [4.69, 9.17) is 4.42 Å². The van der Waals surface area contributed by atoms with Crippen LogP contribution in [0.4, 0.5) is 0 Å². The van der Waals surface area contributed by atoms with Crippen molar-refractivity contribution < 1.29 is 9.21 Å². The summed E-state index contributed by atoms with van der Waals surface area (Å²) in [4.78, 5) is 24.7. The quantitative estimate of drug-likeness (QED) is 0.299. The number of fused-ring (bicyclic) bond motifs is 1. The lowest BCUT2D eigenvalue weighted by atomic mass is 10.1. The van der Waals surface area contributed by atoms with Crippen LogP contribution >= 0.6 is 11.8 Å². The van der Waals surface area contributed by atoms with Crippen LogP contribution in [-0.4, -0.2) is 31.7 Å². The Hall–Kier alpha value is -3.26. The first-order valence-corrected chi connectivity index (χ1v) is 9.15. The third-order valence-corrected chi connectivity index (χ3v) is 4.98. The van der Waals surface area contributed by atoms with Crippen molar-refractivity contribution in [2.24, 2.45) is 0 Å². The summed E-state index contributed by atoms with van der Waals surface area (Å²) in [6, 6.07) is 16.3. The number of tetrazole rings is 1. The molecule has 0 radical (unpaired) electrons. The number of ketones is 1. The average molecular weight is 378 g/mol. The van der Waals surface area contributed by atoms with Gasteiger partial charge in [-0.05, 0) is 41.1 Å². The van der Waals surface area contributed by atoms with E-state index in [1.165, 1.54) is 11.8 Å². The molecule has 0 aliphatic rings. The lowest BCUT2D eigenvalue weighted by Gasteiger charge is -2.06. The fourth-order valence-corrected chi connectivity index (χ4v) is 3.45. The summed E-state index contributed by atoms with van der Waals surface area (Å²) in [7, 11) is 0. The molecule has 2 heterocycles. The molecule has 0 fully saturated rings. The second-order valence-electron chi connectivity index (χ2n) is 5.86. The molecule has 2 aromatic heterocycles. The minimum atomic E-state index is -0.641. The number of thioether (sulfide) groups is 1. The van der Waals surface area contributed by atoms with E-state index in [2.05, 4.69) is 15.5 Å². The van der Waals surface area contributed by atoms with Crippen LogP contribution in [0.1, 0.15) is 15.9 Å². The highest BCUT2D eigenvalue weighted by atomic mass is 32.2. The van der Waals surface area contributed by atoms with E-state index in [9.17, 15) is 9.59 Å². The molecule has 2 aromatic carbocycles. The van der Waals surface area contributed by atoms with Gasteiger partial charge in [0.2, 0.25) is 5.16 Å². The summed E-state index contributed by atoms with van der Waals surface area (Å²) in [6.07, 6.45) is 0. The third kappa shape index (κ3) is 3.39. The van der Waals surface area contributed by atoms with Crippen molar-refractivity contribution in [2.75, 3.05) is 5.75 Å². The fourth-order valence-electron chi connectivity index (χ4n) is 2.69. The van der Waals surface area contributed by atoms with Crippen LogP contribution in [0.2, 0.25) is 0 Å². The van der Waals surface area contributed by atoms with Crippen LogP contribution in [-0.2, 0) is 0 Å². The Morgan fingerprint density at radius 3 is 2.78 bits per heavy atom. The predicted octanol–water partition coefficient (Wildman–Crippen LogP) is 3.05. The normalized spacial score (nSPS) is 11.0. The van der Waals surface area contributed by atoms with Gasteiger partial charge in [-0.2, -0.15) is 4.68 Å². The van der Waals surface area contributed by atoms with Crippen molar-refractivity contribution in [3.8, 4) is 5.69 Å². The van der Waals surface area contributed by atoms with Crippen molar-refractivity contribution in [1.29, 1.82) is 0 Å². The second kappa shape index (κ2) is 7.16. The summed E-state index contributed by atoms with van der Waals surface area (Å²) in [6.45, 7) is 1.96. The van der Waals surface area contributed by atoms with Gasteiger partial charge >= 0.3 is 5.63 Å². The van der Waals surface area contributed by atoms with E-state index >= 15 is 0 Å². The standard InChI is InChI=1S/C19H14N4O3S/c1-12-6-2-4-8-15(12)23-19(20-21-22-23)27-11-16(24)14-10-13-7-3-5-9-17(13)26-18(14)25/h2-10H,11H2,1H3. The van der Waals surface area contributed by atoms with E-state index < -0.39 is 5.63 Å². The monoisotopic (exact) mass is 378 g/mol. The number of hydrogen-bond donors (Lipinski definition) is 0. The number of benzene rings is 2. The third-order valence-electron chi connectivity index (χ3n) is 4.06. The number of carbonyl (C=O) groups is 1. The molecule has 0 bridgehead atoms. The predicted molar refractivity (Wildman–Crippen MR) is 101 cm³/mol. The zero-order valence-electron chi connectivity index (χ0n) is 14.3. The molecule has 0 saturated carbocycles. The van der Waals surface area contributed by atoms with Crippen LogP contribution < -0.4 is 5.63 Å². The summed E-state index contributed by atoms with van der Waals surface area (Å²) in [5, 5.41) is 12.9. The molecule has 134 valence electrons. The Labute approximate surface area is 158 Å². The summed E-state index contributed by atoms with van der Waals surface area (Å²) < 4.78 is 6.81. The summed E-state index contributed by atoms with van der Waals surface area (Å²) in [5.74, 6) is -0.311. The number of Topliss-reactive ketones (excluding diaryl/α,β-unsaturated/α-hetero) is 1. The minimum Gasteiger partial charge on any atom is -0.422 e. The lowest BCUT2D eigenvalue weighted by molar-refractivity contribution is 0.101. The molecule has 0 amide bonds. The number of nitrogens with zero attached hydrogens (tertiary/aromatic N) is 4. The Morgan fingerprint density at radius 1 is 1.15 bits per heavy atom. The second-order valence-corrected chi connectivity index (χ2v) is 6.80. The highest BCUT2D eigenvalue weighted by molar-refractivity contribution is 7.99. The fraction of sp³-hybridized carbons (Fsp3) is 0.105. The number of rotatable bonds is 5. The van der Waals surface area contributed by atoms with Crippen molar-refractivity contribution in [3.05, 3.63) is 76.1 Å². The zero-order chi connectivity index (χ0) is 18.8. The first-order chi connectivity index (χ1) is 13.1. The SMILES string of the molecule is Cc1ccccc1-n1nnnc1SCC(=O)c1cc2ccccc2oc1=O. The van der Waals surface area contributed by atoms with Crippen LogP contribution in [0, 0.1) is 6.92 Å². The summed E-state index contributed by atoms with van der Waals surface area (Å²) in [5.41, 5.74) is 1.68. The molecule has 0 unspecified atom stereocenters. The molecule has 8 heteroatoms. The highest BCUT2D eigenvalue weighted by Crippen LogP contribution is 2.21. The van der Waals surface area contributed by atoms with Gasteiger partial charge in [0.05, 0.1) is 11.4 Å². The largest absolute Gasteiger partial charge is 0.422 e. The maximum Gasteiger partial charge on any atom is 0.347 e. The highest BCUT2D eigenvalue weighted by Gasteiger charge is 2.17. The van der Waals surface area contributed by atoms with Gasteiger partial charge in [-0.1, -0.05) is 48.2 Å². The number of hydrogen-bond acceptors (Lipinski definition) is 7. The number of aromatic nitrogens is 4. The van der Waals surface area contributed by atoms with E-state index in [-0.39, 0.29) is 17.1 Å². The van der Waals surface area contributed by atoms with Crippen molar-refractivity contribution in [3.63, 3.8) is 0 Å². The van der Waals surface area contributed by atoms with Gasteiger partial charge in [0.15, 0.2) is 5.78 Å². The lowest BCUT2D eigenvalue weighted by Crippen LogP contribution is -2.16. The molecule has 0 saturated heterocycles. The first-order valence-electron chi connectivity index (χ1n) is 8.17. The van der Waals surface area contributed by atoms with Gasteiger partial charge in [0.25, 0.3) is 0 Å². The Balaban J connectivity index is 1.58. The molecule has 4 rings (SSSR count). The van der Waals surface area contributed by atoms with Crippen LogP contribution in [0.5, 0.6) is 0 Å². The van der Waals surface area contributed by atoms with Gasteiger partial charge in [-0.15, -0.1) is 5.10 Å². The van der Waals surface area contributed by atoms with E-state index in [1.807, 2.05) is 37.3 Å². The Kier molecular flexibility index (Phi) is 4.55. The molecular weight excluding hydrogens is 364 g/mol. The molecule has 0 spiro atoms. The Bertz CT molecular complexity index is 1200. The molecule has 4 aromatic rings. The van der Waals surface area contributed by atoms with Gasteiger partial charge in [-0.25, -0.2) is 4.79 Å².